The molecule has 8 heteroatoms. The lowest BCUT2D eigenvalue weighted by atomic mass is 10.2. The molecule has 7 nitrogen and oxygen atoms in total. The third-order valence-corrected chi connectivity index (χ3v) is 5.15. The van der Waals surface area contributed by atoms with E-state index in [0.717, 1.165) is 0 Å². The second kappa shape index (κ2) is 4.88. The Kier molecular flexibility index (Phi) is 3.19. The van der Waals surface area contributed by atoms with E-state index < -0.39 is 10.0 Å². The molecule has 0 N–H and O–H groups in total. The molecule has 0 radical (unpaired) electrons. The lowest BCUT2D eigenvalue weighted by Crippen LogP contribution is -2.50. The van der Waals surface area contributed by atoms with Crippen LogP contribution in [0.25, 0.3) is 0 Å². The molecular formula is C12H14N4O3S. The predicted octanol–water partition coefficient (Wildman–Crippen LogP) is 0.532. The molecule has 2 aromatic rings. The van der Waals surface area contributed by atoms with Gasteiger partial charge in [-0.3, -0.25) is 0 Å². The summed E-state index contributed by atoms with van der Waals surface area (Å²) < 4.78 is 33.0. The van der Waals surface area contributed by atoms with Crippen LogP contribution in [0.5, 0.6) is 5.75 Å². The van der Waals surface area contributed by atoms with Gasteiger partial charge in [-0.25, -0.2) is 13.1 Å². The van der Waals surface area contributed by atoms with Crippen molar-refractivity contribution in [3.05, 3.63) is 36.7 Å². The van der Waals surface area contributed by atoms with Crippen molar-refractivity contribution in [1.29, 1.82) is 0 Å². The van der Waals surface area contributed by atoms with Gasteiger partial charge in [0.05, 0.1) is 24.2 Å². The third-order valence-electron chi connectivity index (χ3n) is 3.32. The third kappa shape index (κ3) is 2.16. The number of hydrogen-bond donors (Lipinski definition) is 0. The van der Waals surface area contributed by atoms with Crippen LogP contribution in [-0.2, 0) is 10.0 Å². The molecule has 0 bridgehead atoms. The summed E-state index contributed by atoms with van der Waals surface area (Å²) in [6, 6.07) is 6.53. The maximum atomic E-state index is 12.4. The molecule has 0 aliphatic carbocycles. The van der Waals surface area contributed by atoms with E-state index in [1.807, 2.05) is 0 Å². The number of sulfonamides is 1. The monoisotopic (exact) mass is 294 g/mol. The van der Waals surface area contributed by atoms with E-state index >= 15 is 0 Å². The molecule has 20 heavy (non-hydrogen) atoms. The Labute approximate surface area is 116 Å². The highest BCUT2D eigenvalue weighted by atomic mass is 32.2. The molecule has 0 unspecified atom stereocenters. The van der Waals surface area contributed by atoms with Crippen LogP contribution in [0.1, 0.15) is 6.04 Å². The van der Waals surface area contributed by atoms with E-state index in [1.54, 1.807) is 35.3 Å². The summed E-state index contributed by atoms with van der Waals surface area (Å²) in [4.78, 5) is 0.244. The molecule has 0 saturated carbocycles. The summed E-state index contributed by atoms with van der Waals surface area (Å²) in [6.07, 6.45) is 3.32. The van der Waals surface area contributed by atoms with Gasteiger partial charge < -0.3 is 4.74 Å². The van der Waals surface area contributed by atoms with Gasteiger partial charge in [0.1, 0.15) is 5.75 Å². The Hall–Kier alpha value is -1.93. The number of methoxy groups -OCH3 is 1. The Bertz CT molecular complexity index is 693. The lowest BCUT2D eigenvalue weighted by molar-refractivity contribution is 0.189. The van der Waals surface area contributed by atoms with Crippen molar-refractivity contribution in [2.45, 2.75) is 10.9 Å². The van der Waals surface area contributed by atoms with Crippen LogP contribution >= 0.6 is 0 Å². The summed E-state index contributed by atoms with van der Waals surface area (Å²) >= 11 is 0. The van der Waals surface area contributed by atoms with Crippen LogP contribution in [0.4, 0.5) is 0 Å². The van der Waals surface area contributed by atoms with Crippen LogP contribution in [0.15, 0.2) is 41.6 Å². The topological polar surface area (TPSA) is 77.3 Å². The zero-order valence-corrected chi connectivity index (χ0v) is 11.7. The van der Waals surface area contributed by atoms with Crippen molar-refractivity contribution in [1.82, 2.24) is 19.3 Å². The number of nitrogens with zero attached hydrogens (tertiary/aromatic N) is 4. The maximum absolute atomic E-state index is 12.4. The second-order valence-electron chi connectivity index (χ2n) is 4.54. The van der Waals surface area contributed by atoms with Gasteiger partial charge in [-0.05, 0) is 12.1 Å². The minimum absolute atomic E-state index is 0.0536. The van der Waals surface area contributed by atoms with Crippen molar-refractivity contribution in [3.8, 4) is 5.75 Å². The maximum Gasteiger partial charge on any atom is 0.243 e. The van der Waals surface area contributed by atoms with Gasteiger partial charge >= 0.3 is 0 Å². The number of rotatable bonds is 4. The van der Waals surface area contributed by atoms with E-state index in [2.05, 4.69) is 10.3 Å². The fourth-order valence-corrected chi connectivity index (χ4v) is 3.65. The molecule has 1 aliphatic rings. The van der Waals surface area contributed by atoms with Crippen molar-refractivity contribution in [3.63, 3.8) is 0 Å². The fraction of sp³-hybridized carbons (Fsp3) is 0.333. The minimum atomic E-state index is -3.47. The number of aromatic nitrogens is 3. The normalized spacial score (nSPS) is 16.9. The SMILES string of the molecule is COc1cccc(S(=O)(=O)N2CC(n3ccnn3)C2)c1. The molecule has 2 heterocycles. The zero-order chi connectivity index (χ0) is 14.2. The molecule has 1 aliphatic heterocycles. The Morgan fingerprint density at radius 1 is 1.35 bits per heavy atom. The molecule has 0 atom stereocenters. The van der Waals surface area contributed by atoms with Gasteiger partial charge in [-0.15, -0.1) is 5.10 Å². The quantitative estimate of drug-likeness (QED) is 0.822. The van der Waals surface area contributed by atoms with Crippen molar-refractivity contribution < 1.29 is 13.2 Å². The summed E-state index contributed by atoms with van der Waals surface area (Å²) in [6.45, 7) is 0.811. The standard InChI is InChI=1S/C12H14N4O3S/c1-19-11-3-2-4-12(7-11)20(17,18)15-8-10(9-15)16-6-5-13-14-16/h2-7,10H,8-9H2,1H3. The average molecular weight is 294 g/mol. The van der Waals surface area contributed by atoms with Crippen molar-refractivity contribution in [2.24, 2.45) is 0 Å². The zero-order valence-electron chi connectivity index (χ0n) is 10.9. The molecule has 3 rings (SSSR count). The highest BCUT2D eigenvalue weighted by molar-refractivity contribution is 7.89. The van der Waals surface area contributed by atoms with Crippen LogP contribution in [-0.4, -0.2) is 47.9 Å². The number of hydrogen-bond acceptors (Lipinski definition) is 5. The van der Waals surface area contributed by atoms with Crippen LogP contribution in [0.2, 0.25) is 0 Å². The van der Waals surface area contributed by atoms with Gasteiger partial charge in [0.2, 0.25) is 10.0 Å². The highest BCUT2D eigenvalue weighted by Gasteiger charge is 2.38. The molecular weight excluding hydrogens is 280 g/mol. The summed E-state index contributed by atoms with van der Waals surface area (Å²) in [5.74, 6) is 0.527. The van der Waals surface area contributed by atoms with Crippen LogP contribution < -0.4 is 4.74 Å². The van der Waals surface area contributed by atoms with Crippen LogP contribution in [0.3, 0.4) is 0 Å². The van der Waals surface area contributed by atoms with Gasteiger partial charge in [-0.1, -0.05) is 11.3 Å². The summed E-state index contributed by atoms with van der Waals surface area (Å²) in [5.41, 5.74) is 0. The van der Waals surface area contributed by atoms with Gasteiger partial charge in [0.25, 0.3) is 0 Å². The highest BCUT2D eigenvalue weighted by Crippen LogP contribution is 2.28. The van der Waals surface area contributed by atoms with E-state index in [9.17, 15) is 8.42 Å². The summed E-state index contributed by atoms with van der Waals surface area (Å²) in [5, 5.41) is 7.60. The lowest BCUT2D eigenvalue weighted by Gasteiger charge is -2.37. The van der Waals surface area contributed by atoms with Gasteiger partial charge in [-0.2, -0.15) is 4.31 Å². The first-order valence-electron chi connectivity index (χ1n) is 6.11. The first-order chi connectivity index (χ1) is 9.61. The molecule has 1 fully saturated rings. The first kappa shape index (κ1) is 13.1. The average Bonchev–Trinajstić information content (AvgIpc) is 2.90. The first-order valence-corrected chi connectivity index (χ1v) is 7.55. The Morgan fingerprint density at radius 3 is 2.80 bits per heavy atom. The minimum Gasteiger partial charge on any atom is -0.497 e. The Balaban J connectivity index is 1.77. The molecule has 0 amide bonds. The number of benzene rings is 1. The van der Waals surface area contributed by atoms with Gasteiger partial charge in [0.15, 0.2) is 0 Å². The molecule has 106 valence electrons. The summed E-state index contributed by atoms with van der Waals surface area (Å²) in [7, 11) is -1.96. The van der Waals surface area contributed by atoms with E-state index in [1.165, 1.54) is 17.5 Å². The van der Waals surface area contributed by atoms with Crippen molar-refractivity contribution >= 4 is 10.0 Å². The molecule has 1 saturated heterocycles. The molecule has 1 aromatic carbocycles. The van der Waals surface area contributed by atoms with Gasteiger partial charge in [0, 0.05) is 25.4 Å². The van der Waals surface area contributed by atoms with Crippen molar-refractivity contribution in [2.75, 3.05) is 20.2 Å². The van der Waals surface area contributed by atoms with E-state index in [-0.39, 0.29) is 10.9 Å². The van der Waals surface area contributed by atoms with Crippen LogP contribution in [0, 0.1) is 0 Å². The largest absolute Gasteiger partial charge is 0.497 e. The smallest absolute Gasteiger partial charge is 0.243 e. The molecule has 1 aromatic heterocycles. The number of ether oxygens (including phenoxy) is 1. The fourth-order valence-electron chi connectivity index (χ4n) is 2.10. The predicted molar refractivity (Wildman–Crippen MR) is 70.8 cm³/mol. The molecule has 0 spiro atoms. The van der Waals surface area contributed by atoms with E-state index in [4.69, 9.17) is 4.74 Å². The second-order valence-corrected chi connectivity index (χ2v) is 6.48. The van der Waals surface area contributed by atoms with E-state index in [0.29, 0.717) is 18.8 Å². The Morgan fingerprint density at radius 2 is 2.15 bits per heavy atom.